The fourth-order valence-electron chi connectivity index (χ4n) is 3.42. The number of para-hydroxylation sites is 1. The zero-order chi connectivity index (χ0) is 15.5. The van der Waals surface area contributed by atoms with Crippen LogP contribution < -0.4 is 5.73 Å². The molecule has 1 aliphatic rings. The van der Waals surface area contributed by atoms with Gasteiger partial charge in [0, 0.05) is 30.6 Å². The van der Waals surface area contributed by atoms with Crippen LogP contribution in [0.4, 0.5) is 0 Å². The maximum atomic E-state index is 12.5. The van der Waals surface area contributed by atoms with E-state index in [9.17, 15) is 4.79 Å². The van der Waals surface area contributed by atoms with Crippen molar-refractivity contribution in [1.29, 1.82) is 0 Å². The molecule has 2 heterocycles. The van der Waals surface area contributed by atoms with Crippen LogP contribution in [0, 0.1) is 5.92 Å². The molecule has 1 aromatic carbocycles. The van der Waals surface area contributed by atoms with E-state index in [0.29, 0.717) is 24.9 Å². The summed E-state index contributed by atoms with van der Waals surface area (Å²) in [5.41, 5.74) is 7.93. The van der Waals surface area contributed by atoms with Crippen molar-refractivity contribution < 1.29 is 4.79 Å². The zero-order valence-electron chi connectivity index (χ0n) is 13.9. The minimum Gasteiger partial charge on any atom is -0.340 e. The number of pyridine rings is 1. The first-order valence-electron chi connectivity index (χ1n) is 8.01. The SMILES string of the molecule is CC1CC(CN)CN1C(=O)CCc1ccnc2ccccc12.Cl.Cl. The lowest BCUT2D eigenvalue weighted by Crippen LogP contribution is -2.34. The van der Waals surface area contributed by atoms with E-state index >= 15 is 0 Å². The molecule has 2 N–H and O–H groups in total. The van der Waals surface area contributed by atoms with Crippen LogP contribution in [0.2, 0.25) is 0 Å². The molecule has 2 unspecified atom stereocenters. The predicted octanol–water partition coefficient (Wildman–Crippen LogP) is 3.21. The van der Waals surface area contributed by atoms with Crippen molar-refractivity contribution in [3.63, 3.8) is 0 Å². The van der Waals surface area contributed by atoms with Gasteiger partial charge in [0.25, 0.3) is 0 Å². The second kappa shape index (κ2) is 9.21. The topological polar surface area (TPSA) is 59.2 Å². The maximum absolute atomic E-state index is 12.5. The van der Waals surface area contributed by atoms with Crippen molar-refractivity contribution in [3.8, 4) is 0 Å². The number of nitrogens with zero attached hydrogens (tertiary/aromatic N) is 2. The van der Waals surface area contributed by atoms with Gasteiger partial charge in [0.1, 0.15) is 0 Å². The quantitative estimate of drug-likeness (QED) is 0.899. The number of likely N-dealkylation sites (tertiary alicyclic amines) is 1. The summed E-state index contributed by atoms with van der Waals surface area (Å²) in [6.07, 6.45) is 4.17. The Morgan fingerprint density at radius 3 is 2.75 bits per heavy atom. The smallest absolute Gasteiger partial charge is 0.223 e. The van der Waals surface area contributed by atoms with Crippen LogP contribution in [-0.2, 0) is 11.2 Å². The highest BCUT2D eigenvalue weighted by Gasteiger charge is 2.31. The van der Waals surface area contributed by atoms with Crippen LogP contribution in [0.25, 0.3) is 10.9 Å². The van der Waals surface area contributed by atoms with Gasteiger partial charge in [0.05, 0.1) is 5.52 Å². The second-order valence-corrected chi connectivity index (χ2v) is 6.22. The number of aryl methyl sites for hydroxylation is 1. The Balaban J connectivity index is 0.00000144. The van der Waals surface area contributed by atoms with Gasteiger partial charge in [-0.05, 0) is 49.9 Å². The molecule has 1 aromatic heterocycles. The zero-order valence-corrected chi connectivity index (χ0v) is 15.5. The molecule has 132 valence electrons. The van der Waals surface area contributed by atoms with E-state index in [0.717, 1.165) is 30.3 Å². The highest BCUT2D eigenvalue weighted by molar-refractivity contribution is 5.85. The number of hydrogen-bond donors (Lipinski definition) is 1. The minimum atomic E-state index is 0. The van der Waals surface area contributed by atoms with Gasteiger partial charge in [-0.25, -0.2) is 0 Å². The van der Waals surface area contributed by atoms with Crippen LogP contribution in [0.3, 0.4) is 0 Å². The molecule has 1 fully saturated rings. The molecule has 0 aliphatic carbocycles. The lowest BCUT2D eigenvalue weighted by Gasteiger charge is -2.21. The van der Waals surface area contributed by atoms with Gasteiger partial charge in [0.15, 0.2) is 0 Å². The Labute approximate surface area is 155 Å². The van der Waals surface area contributed by atoms with Gasteiger partial charge < -0.3 is 10.6 Å². The summed E-state index contributed by atoms with van der Waals surface area (Å²) in [6, 6.07) is 10.4. The average Bonchev–Trinajstić information content (AvgIpc) is 2.93. The van der Waals surface area contributed by atoms with E-state index in [4.69, 9.17) is 5.73 Å². The third kappa shape index (κ3) is 4.38. The maximum Gasteiger partial charge on any atom is 0.223 e. The highest BCUT2D eigenvalue weighted by Crippen LogP contribution is 2.24. The molecular formula is C18H25Cl2N3O. The fourth-order valence-corrected chi connectivity index (χ4v) is 3.42. The van der Waals surface area contributed by atoms with Gasteiger partial charge in [0.2, 0.25) is 5.91 Å². The van der Waals surface area contributed by atoms with Gasteiger partial charge in [-0.3, -0.25) is 9.78 Å². The Kier molecular flexibility index (Phi) is 7.94. The Hall–Kier alpha value is -1.36. The number of carbonyl (C=O) groups excluding carboxylic acids is 1. The largest absolute Gasteiger partial charge is 0.340 e. The van der Waals surface area contributed by atoms with E-state index < -0.39 is 0 Å². The molecule has 0 radical (unpaired) electrons. The lowest BCUT2D eigenvalue weighted by atomic mass is 10.0. The summed E-state index contributed by atoms with van der Waals surface area (Å²) in [5.74, 6) is 0.699. The number of aromatic nitrogens is 1. The normalized spacial score (nSPS) is 19.7. The average molecular weight is 370 g/mol. The molecule has 0 bridgehead atoms. The van der Waals surface area contributed by atoms with E-state index in [1.165, 1.54) is 5.56 Å². The molecule has 2 atom stereocenters. The van der Waals surface area contributed by atoms with E-state index in [2.05, 4.69) is 18.0 Å². The number of carbonyl (C=O) groups is 1. The number of nitrogens with two attached hydrogens (primary N) is 1. The third-order valence-electron chi connectivity index (χ3n) is 4.66. The molecule has 1 aliphatic heterocycles. The first-order valence-corrected chi connectivity index (χ1v) is 8.01. The molecule has 0 spiro atoms. The van der Waals surface area contributed by atoms with Crippen molar-refractivity contribution in [2.24, 2.45) is 11.7 Å². The second-order valence-electron chi connectivity index (χ2n) is 6.22. The van der Waals surface area contributed by atoms with Gasteiger partial charge in [-0.2, -0.15) is 0 Å². The Morgan fingerprint density at radius 1 is 1.29 bits per heavy atom. The van der Waals surface area contributed by atoms with Crippen LogP contribution in [0.5, 0.6) is 0 Å². The van der Waals surface area contributed by atoms with Crippen LogP contribution >= 0.6 is 24.8 Å². The van der Waals surface area contributed by atoms with Crippen molar-refractivity contribution in [3.05, 3.63) is 42.1 Å². The Morgan fingerprint density at radius 2 is 2.04 bits per heavy atom. The molecule has 2 aromatic rings. The number of amides is 1. The molecule has 1 amide bonds. The number of halogens is 2. The van der Waals surface area contributed by atoms with Gasteiger partial charge >= 0.3 is 0 Å². The summed E-state index contributed by atoms with van der Waals surface area (Å²) < 4.78 is 0. The van der Waals surface area contributed by atoms with Gasteiger partial charge in [-0.15, -0.1) is 24.8 Å². The number of hydrogen-bond acceptors (Lipinski definition) is 3. The summed E-state index contributed by atoms with van der Waals surface area (Å²) in [6.45, 7) is 3.60. The highest BCUT2D eigenvalue weighted by atomic mass is 35.5. The van der Waals surface area contributed by atoms with Crippen molar-refractivity contribution in [1.82, 2.24) is 9.88 Å². The molecular weight excluding hydrogens is 345 g/mol. The summed E-state index contributed by atoms with van der Waals surface area (Å²) in [4.78, 5) is 18.9. The van der Waals surface area contributed by atoms with Crippen LogP contribution in [0.15, 0.2) is 36.5 Å². The lowest BCUT2D eigenvalue weighted by molar-refractivity contribution is -0.131. The molecule has 24 heavy (non-hydrogen) atoms. The van der Waals surface area contributed by atoms with E-state index in [-0.39, 0.29) is 30.7 Å². The number of fused-ring (bicyclic) bond motifs is 1. The fraction of sp³-hybridized carbons (Fsp3) is 0.444. The van der Waals surface area contributed by atoms with Crippen LogP contribution in [-0.4, -0.2) is 34.9 Å². The van der Waals surface area contributed by atoms with Crippen LogP contribution in [0.1, 0.15) is 25.3 Å². The first-order chi connectivity index (χ1) is 10.7. The van der Waals surface area contributed by atoms with Crippen molar-refractivity contribution >= 4 is 41.6 Å². The molecule has 1 saturated heterocycles. The van der Waals surface area contributed by atoms with Crippen molar-refractivity contribution in [2.75, 3.05) is 13.1 Å². The molecule has 3 rings (SSSR count). The number of rotatable bonds is 4. The van der Waals surface area contributed by atoms with Gasteiger partial charge in [-0.1, -0.05) is 18.2 Å². The first kappa shape index (κ1) is 20.7. The molecule has 6 heteroatoms. The van der Waals surface area contributed by atoms with Crippen molar-refractivity contribution in [2.45, 2.75) is 32.2 Å². The standard InChI is InChI=1S/C18H23N3O.2ClH/c1-13-10-14(11-19)12-21(13)18(22)7-6-15-8-9-20-17-5-3-2-4-16(15)17;;/h2-5,8-9,13-14H,6-7,10-12,19H2,1H3;2*1H. The predicted molar refractivity (Wildman–Crippen MR) is 103 cm³/mol. The summed E-state index contributed by atoms with van der Waals surface area (Å²) >= 11 is 0. The molecule has 4 nitrogen and oxygen atoms in total. The molecule has 0 saturated carbocycles. The number of benzene rings is 1. The minimum absolute atomic E-state index is 0. The third-order valence-corrected chi connectivity index (χ3v) is 4.66. The summed E-state index contributed by atoms with van der Waals surface area (Å²) in [7, 11) is 0. The van der Waals surface area contributed by atoms with E-state index in [1.807, 2.05) is 35.4 Å². The van der Waals surface area contributed by atoms with E-state index in [1.54, 1.807) is 0 Å². The monoisotopic (exact) mass is 369 g/mol. The summed E-state index contributed by atoms with van der Waals surface area (Å²) in [5, 5.41) is 1.15. The Bertz CT molecular complexity index is 675.